The van der Waals surface area contributed by atoms with Gasteiger partial charge in [0, 0.05) is 125 Å². The highest BCUT2D eigenvalue weighted by molar-refractivity contribution is 14.1. The summed E-state index contributed by atoms with van der Waals surface area (Å²) in [5.74, 6) is -5.91. The van der Waals surface area contributed by atoms with Crippen LogP contribution < -0.4 is 25.2 Å². The van der Waals surface area contributed by atoms with Gasteiger partial charge in [-0.15, -0.1) is 0 Å². The number of aliphatic hydroxyl groups excluding tert-OH is 1. The largest absolute Gasteiger partial charge is 0.444 e. The monoisotopic (exact) mass is 2020 g/mol. The molecule has 0 spiro atoms. The lowest BCUT2D eigenvalue weighted by molar-refractivity contribution is -0.491. The molecule has 0 aliphatic carbocycles. The average molecular weight is 2020 g/mol. The number of cyclic esters (lactones) is 3. The van der Waals surface area contributed by atoms with Crippen molar-refractivity contribution in [3.8, 4) is 5.75 Å². The van der Waals surface area contributed by atoms with Crippen molar-refractivity contribution in [3.05, 3.63) is 246 Å². The first-order valence-corrected chi connectivity index (χ1v) is 42.7. The second kappa shape index (κ2) is 45.3. The van der Waals surface area contributed by atoms with E-state index in [1.807, 2.05) is 121 Å². The van der Waals surface area contributed by atoms with Crippen molar-refractivity contribution < 1.29 is 108 Å². The molecule has 136 heavy (non-hydrogen) atoms. The molecule has 728 valence electrons. The van der Waals surface area contributed by atoms with Crippen molar-refractivity contribution >= 4 is 88.4 Å². The maximum absolute atomic E-state index is 13.6. The van der Waals surface area contributed by atoms with E-state index in [0.717, 1.165) is 52.8 Å². The number of carbonyl (C=O) groups excluding carboxylic acids is 8. The zero-order chi connectivity index (χ0) is 99.6. The first-order valence-electron chi connectivity index (χ1n) is 41.7. The molecule has 3 saturated heterocycles. The van der Waals surface area contributed by atoms with E-state index in [2.05, 4.69) is 73.4 Å². The van der Waals surface area contributed by atoms with Crippen LogP contribution >= 0.6 is 22.6 Å². The minimum absolute atomic E-state index is 0.0361. The molecule has 8 aromatic heterocycles. The van der Waals surface area contributed by atoms with Crippen LogP contribution in [-0.4, -0.2) is 218 Å². The summed E-state index contributed by atoms with van der Waals surface area (Å²) in [5, 5.41) is 45.8. The second-order valence-electron chi connectivity index (χ2n) is 33.2. The van der Waals surface area contributed by atoms with Gasteiger partial charge in [-0.3, -0.25) is 68.8 Å². The topological polar surface area (TPSA) is 481 Å². The molecule has 7 amide bonds. The van der Waals surface area contributed by atoms with E-state index in [0.29, 0.717) is 91.8 Å². The average Bonchev–Trinajstić information content (AvgIpc) is 1.62. The SMILES string of the molecule is C[C@H]1Cn2ncc(I)c2CN1C(=O)OC(C)(C)C.C[C@H]1Cn2ncc(N3CC(c4nccn4C)OC3=O)c2CN1C(=O)Cc1cc(F)c(F)c(F)c1.C[C@H]1Cn2ncc(N3CC(c4nccn4C)OC3=O)c2CN1C(=O)OC(C)(C)C.C[N+](=O)[O-].Cn1ccnc1C(O)C[N+](=O)[O-].Cn1ccnc1C1CNC(=O)O1.Cn1ccnc1C=O.O=C(Nc1cc(F)c(F)c(F)c1)Oc1ccccc1. The summed E-state index contributed by atoms with van der Waals surface area (Å²) in [5.41, 5.74) is 2.43. The maximum Gasteiger partial charge on any atom is 0.417 e. The zero-order valence-electron chi connectivity index (χ0n) is 76.3. The molecule has 0 bridgehead atoms. The van der Waals surface area contributed by atoms with E-state index in [-0.39, 0.29) is 84.9 Å². The number of aliphatic hydroxyl groups is 1. The molecule has 44 nitrogen and oxygen atoms in total. The molecular weight excluding hydrogens is 1920 g/mol. The number of aldehydes is 1. The Kier molecular flexibility index (Phi) is 34.4. The van der Waals surface area contributed by atoms with Gasteiger partial charge >= 0.3 is 36.6 Å². The molecule has 3 aromatic carbocycles. The third kappa shape index (κ3) is 27.2. The molecule has 7 atom stereocenters. The second-order valence-corrected chi connectivity index (χ2v) is 34.3. The molecule has 11 aromatic rings. The van der Waals surface area contributed by atoms with E-state index in [1.54, 1.807) is 126 Å². The summed E-state index contributed by atoms with van der Waals surface area (Å²) in [6.07, 6.45) is 17.0. The van der Waals surface area contributed by atoms with Gasteiger partial charge in [-0.05, 0) is 115 Å². The number of carbonyl (C=O) groups is 8. The van der Waals surface area contributed by atoms with Crippen molar-refractivity contribution in [2.24, 2.45) is 35.2 Å². The third-order valence-electron chi connectivity index (χ3n) is 20.5. The predicted molar refractivity (Wildman–Crippen MR) is 476 cm³/mol. The van der Waals surface area contributed by atoms with Crippen LogP contribution in [0.15, 0.2) is 135 Å². The van der Waals surface area contributed by atoms with E-state index >= 15 is 0 Å². The first-order chi connectivity index (χ1) is 64.1. The number of nitrogens with zero attached hydrogens (tertiary/aromatic N) is 23. The van der Waals surface area contributed by atoms with Gasteiger partial charge in [0.2, 0.25) is 12.5 Å². The quantitative estimate of drug-likeness (QED) is 0.0183. The van der Waals surface area contributed by atoms with Crippen molar-refractivity contribution in [3.63, 3.8) is 0 Å². The number of alkyl carbamates (subject to hydrolysis) is 1. The summed E-state index contributed by atoms with van der Waals surface area (Å²) in [6.45, 7) is 20.2. The van der Waals surface area contributed by atoms with Crippen molar-refractivity contribution in [2.75, 3.05) is 48.3 Å². The van der Waals surface area contributed by atoms with Gasteiger partial charge in [0.15, 0.2) is 96.0 Å². The van der Waals surface area contributed by atoms with Crippen LogP contribution in [0.4, 0.5) is 72.2 Å². The molecule has 3 fully saturated rings. The van der Waals surface area contributed by atoms with E-state index in [4.69, 9.17) is 38.5 Å². The number of rotatable bonds is 13. The zero-order valence-corrected chi connectivity index (χ0v) is 78.5. The highest BCUT2D eigenvalue weighted by Gasteiger charge is 2.43. The fraction of sp³-hybridized carbons (Fsp3) is 0.412. The number of fused-ring (bicyclic) bond motifs is 3. The van der Waals surface area contributed by atoms with Crippen LogP contribution in [0.5, 0.6) is 5.75 Å². The molecule has 0 saturated carbocycles. The smallest absolute Gasteiger partial charge is 0.417 e. The molecular formula is C85H100F6IN25O19. The number of aromatic nitrogens is 16. The van der Waals surface area contributed by atoms with Crippen LogP contribution in [0, 0.1) is 58.7 Å². The number of hydrogen-bond donors (Lipinski definition) is 3. The highest BCUT2D eigenvalue weighted by atomic mass is 127. The Hall–Kier alpha value is -14.8. The molecule has 6 aliphatic rings. The van der Waals surface area contributed by atoms with Crippen molar-refractivity contribution in [1.29, 1.82) is 0 Å². The van der Waals surface area contributed by atoms with Gasteiger partial charge in [-0.2, -0.15) is 15.3 Å². The molecule has 4 unspecified atom stereocenters. The lowest BCUT2D eigenvalue weighted by Crippen LogP contribution is -2.47. The number of benzene rings is 3. The number of amides is 7. The Morgan fingerprint density at radius 2 is 0.993 bits per heavy atom. The van der Waals surface area contributed by atoms with Gasteiger partial charge in [-0.1, -0.05) is 18.2 Å². The first kappa shape index (κ1) is 103. The summed E-state index contributed by atoms with van der Waals surface area (Å²) in [6, 6.07) is 10.8. The van der Waals surface area contributed by atoms with Crippen molar-refractivity contribution in [1.82, 2.24) is 97.1 Å². The van der Waals surface area contributed by atoms with Crippen LogP contribution in [0.3, 0.4) is 0 Å². The Morgan fingerprint density at radius 3 is 1.40 bits per heavy atom. The maximum atomic E-state index is 13.6. The summed E-state index contributed by atoms with van der Waals surface area (Å²) < 4.78 is 126. The van der Waals surface area contributed by atoms with Gasteiger partial charge in [0.25, 0.3) is 0 Å². The van der Waals surface area contributed by atoms with E-state index in [1.165, 1.54) is 23.2 Å². The fourth-order valence-corrected chi connectivity index (χ4v) is 14.6. The minimum atomic E-state index is -1.60. The number of para-hydroxylation sites is 1. The Bertz CT molecular complexity index is 6030. The van der Waals surface area contributed by atoms with E-state index < -0.39 is 99.1 Å². The normalized spacial score (nSPS) is 17.5. The summed E-state index contributed by atoms with van der Waals surface area (Å²) in [4.78, 5) is 141. The van der Waals surface area contributed by atoms with E-state index in [9.17, 15) is 79.9 Å². The number of aryl methyl sites for hydroxylation is 5. The summed E-state index contributed by atoms with van der Waals surface area (Å²) >= 11 is 2.25. The summed E-state index contributed by atoms with van der Waals surface area (Å²) in [7, 11) is 9.88. The number of hydrogen-bond acceptors (Lipinski definition) is 27. The molecule has 14 heterocycles. The van der Waals surface area contributed by atoms with Crippen LogP contribution in [0.25, 0.3) is 0 Å². The number of anilines is 3. The lowest BCUT2D eigenvalue weighted by atomic mass is 10.1. The highest BCUT2D eigenvalue weighted by Crippen LogP contribution is 2.37. The van der Waals surface area contributed by atoms with Gasteiger partial charge in [0.1, 0.15) is 22.8 Å². The molecule has 17 rings (SSSR count). The van der Waals surface area contributed by atoms with Crippen molar-refractivity contribution in [2.45, 2.75) is 162 Å². The Morgan fingerprint density at radius 1 is 0.581 bits per heavy atom. The number of ether oxygens (including phenoxy) is 6. The predicted octanol–water partition coefficient (Wildman–Crippen LogP) is 11.6. The number of imidazole rings is 5. The number of nitro groups is 2. The Balaban J connectivity index is 0.000000170. The third-order valence-corrected chi connectivity index (χ3v) is 21.4. The number of nitrogens with one attached hydrogen (secondary N) is 2. The van der Waals surface area contributed by atoms with Crippen LogP contribution in [0.1, 0.15) is 143 Å². The molecule has 0 radical (unpaired) electrons. The van der Waals surface area contributed by atoms with Crippen LogP contribution in [0.2, 0.25) is 0 Å². The van der Waals surface area contributed by atoms with Gasteiger partial charge in [0.05, 0.1) is 134 Å². The number of halogens is 7. The van der Waals surface area contributed by atoms with Crippen LogP contribution in [-0.2, 0) is 109 Å². The molecule has 3 N–H and O–H groups in total. The molecule has 51 heteroatoms. The van der Waals surface area contributed by atoms with Gasteiger partial charge < -0.3 is 66.6 Å². The Labute approximate surface area is 786 Å². The standard InChI is InChI=1S/C22H21F3N6O3.C19H26N6O4.C13H8F3NO2.C12H18IN3O2.C7H9N3O2.C6H9N3O3.C5H6N2O.CH3NO2/c1-12-9-31-17(10-29(12)19(32)7-13-5-14(23)20(25)15(24)6-13)16(8-27-31)30-11-18(34-22(30)33)21-26-3-4-28(21)2;1-12-9-25-14(10-23(12)18(27)29-19(2,3)4)13(8-21-25)24-11-15(28-17(24)26)16-20-6-7-22(16)5;14-10-6-8(7-11(15)12(10)16)17-13(18)19-9-4-2-1-3-5-9;1-8-6-16-10(9(13)5-14-16)7-15(8)11(17)18-12(2,3)4;1-10-3-2-8-6(10)5-4-9-7(11)12-5;1-8-3-2-7-6(8)5(10)4-9(11)12;1-7-3-2-6-5(7)4-8;1-2(3)4/h3-6,8,12,18H,7,9-11H2,1-2H3;6-8,12,15H,9-11H2,1-5H3;1-7H,(H,17,18);5,8H,6-7H2,1-4H3;2-3,5H,4H2,1H3,(H,9,11);2-3,5,10H,4H2,1H3;2-4H,1H3;1H3/t12-,18?;12-,15?;;8-;;;;/m00.0..../s1. The lowest BCUT2D eigenvalue weighted by Gasteiger charge is -2.35. The molecule has 6 aliphatic heterocycles. The van der Waals surface area contributed by atoms with Gasteiger partial charge in [-0.25, -0.2) is 80.0 Å². The fourth-order valence-electron chi connectivity index (χ4n) is 14.0. The minimum Gasteiger partial charge on any atom is -0.444 e.